The molecule has 0 saturated carbocycles. The van der Waals surface area contributed by atoms with Crippen LogP contribution in [0.2, 0.25) is 0 Å². The molecule has 0 spiro atoms. The molecular weight excluding hydrogens is 356 g/mol. The smallest absolute Gasteiger partial charge is 0.255 e. The van der Waals surface area contributed by atoms with Crippen LogP contribution in [-0.4, -0.2) is 25.1 Å². The molecule has 1 aromatic heterocycles. The van der Waals surface area contributed by atoms with Gasteiger partial charge in [-0.25, -0.2) is 4.98 Å². The van der Waals surface area contributed by atoms with Gasteiger partial charge in [-0.1, -0.05) is 30.3 Å². The van der Waals surface area contributed by atoms with Crippen molar-refractivity contribution in [3.63, 3.8) is 0 Å². The molecule has 144 valence electrons. The highest BCUT2D eigenvalue weighted by molar-refractivity contribution is 6.05. The topological polar surface area (TPSA) is 69.7 Å². The summed E-state index contributed by atoms with van der Waals surface area (Å²) in [6, 6.07) is 16.6. The standard InChI is InChI=1S/C22H22N2O4/c1-15-11-19(26-2)20(27-3)13-18(15)24-22(25)17-9-10-23-21(12-17)28-14-16-7-5-4-6-8-16/h4-13H,14H2,1-3H3,(H,24,25). The molecule has 0 radical (unpaired) electrons. The molecule has 28 heavy (non-hydrogen) atoms. The third-order valence-corrected chi connectivity index (χ3v) is 4.21. The molecule has 0 bridgehead atoms. The molecule has 2 aromatic carbocycles. The highest BCUT2D eigenvalue weighted by Crippen LogP contribution is 2.33. The maximum absolute atomic E-state index is 12.7. The lowest BCUT2D eigenvalue weighted by molar-refractivity contribution is 0.102. The Balaban J connectivity index is 1.73. The molecule has 0 saturated heterocycles. The van der Waals surface area contributed by atoms with E-state index in [9.17, 15) is 4.79 Å². The molecule has 1 N–H and O–H groups in total. The van der Waals surface area contributed by atoms with Crippen LogP contribution in [0, 0.1) is 6.92 Å². The number of anilines is 1. The second-order valence-electron chi connectivity index (χ2n) is 6.13. The fraction of sp³-hybridized carbons (Fsp3) is 0.182. The van der Waals surface area contributed by atoms with Gasteiger partial charge in [0.1, 0.15) is 6.61 Å². The van der Waals surface area contributed by atoms with Gasteiger partial charge in [0.05, 0.1) is 14.2 Å². The van der Waals surface area contributed by atoms with Crippen LogP contribution >= 0.6 is 0 Å². The van der Waals surface area contributed by atoms with Gasteiger partial charge in [-0.15, -0.1) is 0 Å². The number of ether oxygens (including phenoxy) is 3. The summed E-state index contributed by atoms with van der Waals surface area (Å²) < 4.78 is 16.3. The van der Waals surface area contributed by atoms with Crippen LogP contribution in [0.5, 0.6) is 17.4 Å². The van der Waals surface area contributed by atoms with Gasteiger partial charge in [0.2, 0.25) is 5.88 Å². The zero-order chi connectivity index (χ0) is 19.9. The summed E-state index contributed by atoms with van der Waals surface area (Å²) in [5, 5.41) is 2.90. The van der Waals surface area contributed by atoms with Crippen molar-refractivity contribution in [2.24, 2.45) is 0 Å². The maximum Gasteiger partial charge on any atom is 0.255 e. The summed E-state index contributed by atoms with van der Waals surface area (Å²) in [6.07, 6.45) is 1.55. The van der Waals surface area contributed by atoms with Crippen molar-refractivity contribution < 1.29 is 19.0 Å². The first-order valence-electron chi connectivity index (χ1n) is 8.77. The van der Waals surface area contributed by atoms with Gasteiger partial charge in [0.15, 0.2) is 11.5 Å². The lowest BCUT2D eigenvalue weighted by Crippen LogP contribution is -2.13. The van der Waals surface area contributed by atoms with Gasteiger partial charge in [0, 0.05) is 29.6 Å². The molecule has 6 heteroatoms. The Morgan fingerprint density at radius 2 is 1.71 bits per heavy atom. The number of benzene rings is 2. The number of aromatic nitrogens is 1. The normalized spacial score (nSPS) is 10.2. The summed E-state index contributed by atoms with van der Waals surface area (Å²) in [4.78, 5) is 16.9. The first kappa shape index (κ1) is 19.2. The Hall–Kier alpha value is -3.54. The zero-order valence-electron chi connectivity index (χ0n) is 16.1. The van der Waals surface area contributed by atoms with Gasteiger partial charge >= 0.3 is 0 Å². The number of pyridine rings is 1. The second-order valence-corrected chi connectivity index (χ2v) is 6.13. The number of carbonyl (C=O) groups excluding carboxylic acids is 1. The second kappa shape index (κ2) is 8.90. The van der Waals surface area contributed by atoms with E-state index < -0.39 is 0 Å². The maximum atomic E-state index is 12.7. The monoisotopic (exact) mass is 378 g/mol. The number of aryl methyl sites for hydroxylation is 1. The molecule has 0 atom stereocenters. The van der Waals surface area contributed by atoms with Crippen LogP contribution in [-0.2, 0) is 6.61 Å². The Bertz CT molecular complexity index is 958. The highest BCUT2D eigenvalue weighted by Gasteiger charge is 2.13. The molecule has 0 aliphatic rings. The minimum atomic E-state index is -0.262. The van der Waals surface area contributed by atoms with Gasteiger partial charge < -0.3 is 19.5 Å². The van der Waals surface area contributed by atoms with Crippen molar-refractivity contribution in [3.05, 3.63) is 77.5 Å². The highest BCUT2D eigenvalue weighted by atomic mass is 16.5. The Morgan fingerprint density at radius 1 is 1.00 bits per heavy atom. The van der Waals surface area contributed by atoms with E-state index in [2.05, 4.69) is 10.3 Å². The third kappa shape index (κ3) is 4.59. The first-order valence-corrected chi connectivity index (χ1v) is 8.77. The molecule has 0 fully saturated rings. The van der Waals surface area contributed by atoms with Crippen LogP contribution in [0.25, 0.3) is 0 Å². The van der Waals surface area contributed by atoms with E-state index in [0.717, 1.165) is 11.1 Å². The number of nitrogens with zero attached hydrogens (tertiary/aromatic N) is 1. The number of nitrogens with one attached hydrogen (secondary N) is 1. The minimum Gasteiger partial charge on any atom is -0.493 e. The summed E-state index contributed by atoms with van der Waals surface area (Å²) in [6.45, 7) is 2.27. The number of methoxy groups -OCH3 is 2. The van der Waals surface area contributed by atoms with Crippen molar-refractivity contribution in [2.45, 2.75) is 13.5 Å². The van der Waals surface area contributed by atoms with E-state index in [0.29, 0.717) is 35.2 Å². The number of rotatable bonds is 7. The van der Waals surface area contributed by atoms with Crippen LogP contribution in [0.15, 0.2) is 60.8 Å². The Kier molecular flexibility index (Phi) is 6.11. The van der Waals surface area contributed by atoms with Crippen molar-refractivity contribution in [1.29, 1.82) is 0 Å². The van der Waals surface area contributed by atoms with Gasteiger partial charge in [-0.05, 0) is 30.2 Å². The summed E-state index contributed by atoms with van der Waals surface area (Å²) in [7, 11) is 3.13. The quantitative estimate of drug-likeness (QED) is 0.666. The molecule has 1 amide bonds. The van der Waals surface area contributed by atoms with Crippen molar-refractivity contribution in [1.82, 2.24) is 4.98 Å². The van der Waals surface area contributed by atoms with Crippen LogP contribution in [0.3, 0.4) is 0 Å². The van der Waals surface area contributed by atoms with E-state index in [1.165, 1.54) is 0 Å². The van der Waals surface area contributed by atoms with Crippen molar-refractivity contribution >= 4 is 11.6 Å². The lowest BCUT2D eigenvalue weighted by Gasteiger charge is -2.14. The molecule has 3 aromatic rings. The average Bonchev–Trinajstić information content (AvgIpc) is 2.74. The van der Waals surface area contributed by atoms with E-state index >= 15 is 0 Å². The summed E-state index contributed by atoms with van der Waals surface area (Å²) in [5.74, 6) is 1.28. The SMILES string of the molecule is COc1cc(C)c(NC(=O)c2ccnc(OCc3ccccc3)c2)cc1OC. The molecule has 6 nitrogen and oxygen atoms in total. The van der Waals surface area contributed by atoms with E-state index in [1.807, 2.05) is 43.3 Å². The number of hydrogen-bond donors (Lipinski definition) is 1. The predicted molar refractivity (Wildman–Crippen MR) is 107 cm³/mol. The fourth-order valence-corrected chi connectivity index (χ4v) is 2.67. The van der Waals surface area contributed by atoms with Gasteiger partial charge in [-0.3, -0.25) is 4.79 Å². The fourth-order valence-electron chi connectivity index (χ4n) is 2.67. The average molecular weight is 378 g/mol. The van der Waals surface area contributed by atoms with E-state index in [-0.39, 0.29) is 5.91 Å². The van der Waals surface area contributed by atoms with Crippen LogP contribution in [0.1, 0.15) is 21.5 Å². The first-order chi connectivity index (χ1) is 13.6. The number of hydrogen-bond acceptors (Lipinski definition) is 5. The van der Waals surface area contributed by atoms with E-state index in [1.54, 1.807) is 38.6 Å². The zero-order valence-corrected chi connectivity index (χ0v) is 16.1. The largest absolute Gasteiger partial charge is 0.493 e. The van der Waals surface area contributed by atoms with Crippen molar-refractivity contribution in [2.75, 3.05) is 19.5 Å². The predicted octanol–water partition coefficient (Wildman–Crippen LogP) is 4.24. The summed E-state index contributed by atoms with van der Waals surface area (Å²) in [5.41, 5.74) is 2.99. The Labute approximate surface area is 164 Å². The molecule has 1 heterocycles. The van der Waals surface area contributed by atoms with Crippen LogP contribution < -0.4 is 19.5 Å². The number of amides is 1. The van der Waals surface area contributed by atoms with Crippen molar-refractivity contribution in [3.8, 4) is 17.4 Å². The summed E-state index contributed by atoms with van der Waals surface area (Å²) >= 11 is 0. The molecule has 0 aliphatic heterocycles. The van der Waals surface area contributed by atoms with Gasteiger partial charge in [0.25, 0.3) is 5.91 Å². The molecular formula is C22H22N2O4. The lowest BCUT2D eigenvalue weighted by atomic mass is 10.1. The third-order valence-electron chi connectivity index (χ3n) is 4.21. The number of carbonyl (C=O) groups is 1. The van der Waals surface area contributed by atoms with E-state index in [4.69, 9.17) is 14.2 Å². The molecule has 3 rings (SSSR count). The molecule has 0 unspecified atom stereocenters. The minimum absolute atomic E-state index is 0.262. The Morgan fingerprint density at radius 3 is 2.43 bits per heavy atom. The van der Waals surface area contributed by atoms with Crippen LogP contribution in [0.4, 0.5) is 5.69 Å². The van der Waals surface area contributed by atoms with Gasteiger partial charge in [-0.2, -0.15) is 0 Å². The molecule has 0 aliphatic carbocycles.